The first-order valence-electron chi connectivity index (χ1n) is 16.2. The average molecular weight is 685 g/mol. The molecule has 2 atom stereocenters. The molecule has 0 radical (unpaired) electrons. The van der Waals surface area contributed by atoms with Crippen molar-refractivity contribution in [2.24, 2.45) is 0 Å². The molecule has 6 aromatic rings. The highest BCUT2D eigenvalue weighted by atomic mass is 16.6. The van der Waals surface area contributed by atoms with E-state index in [-0.39, 0.29) is 37.9 Å². The Kier molecular flexibility index (Phi) is 9.55. The lowest BCUT2D eigenvalue weighted by atomic mass is 10.0. The maximum Gasteiger partial charge on any atom is 0.439 e. The quantitative estimate of drug-likeness (QED) is 0.155. The van der Waals surface area contributed by atoms with Crippen LogP contribution >= 0.6 is 0 Å². The topological polar surface area (TPSA) is 153 Å². The number of hydrogen-bond acceptors (Lipinski definition) is 9. The van der Waals surface area contributed by atoms with E-state index in [0.29, 0.717) is 22.6 Å². The fraction of sp³-hybridized carbons (Fsp3) is 0.154. The van der Waals surface area contributed by atoms with Gasteiger partial charge in [0.1, 0.15) is 25.0 Å². The van der Waals surface area contributed by atoms with Gasteiger partial charge < -0.3 is 19.5 Å². The van der Waals surface area contributed by atoms with E-state index in [9.17, 15) is 19.2 Å². The number of carbonyl (C=O) groups is 3. The molecule has 51 heavy (non-hydrogen) atoms. The molecule has 0 aliphatic carbocycles. The standard InChI is InChI=1S/C39H32N4O8/c44-36(33-12-6-10-27-9-4-5-11-32(27)33)40-34(37(45)49-23-26-7-2-1-3-8-26)21-25-13-19-30(20-14-25)48-24-31-22-43(39(47)50-31)29-17-15-28(16-18-29)35-41-38(46)51-42-35/h1-20,31,34H,21-24H2,(H,40,44)(H,41,42,46). The number of hydrogen-bond donors (Lipinski definition) is 2. The molecule has 7 rings (SSSR count). The summed E-state index contributed by atoms with van der Waals surface area (Å²) in [6.07, 6.45) is -0.834. The highest BCUT2D eigenvalue weighted by molar-refractivity contribution is 6.08. The lowest BCUT2D eigenvalue weighted by Gasteiger charge is -2.19. The Balaban J connectivity index is 0.979. The van der Waals surface area contributed by atoms with E-state index < -0.39 is 30.0 Å². The number of nitrogens with zero attached hydrogens (tertiary/aromatic N) is 2. The molecule has 2 heterocycles. The van der Waals surface area contributed by atoms with Crippen LogP contribution in [0.2, 0.25) is 0 Å². The van der Waals surface area contributed by atoms with Gasteiger partial charge in [-0.2, -0.15) is 0 Å². The summed E-state index contributed by atoms with van der Waals surface area (Å²) < 4.78 is 21.6. The predicted molar refractivity (Wildman–Crippen MR) is 187 cm³/mol. The molecule has 12 heteroatoms. The lowest BCUT2D eigenvalue weighted by Crippen LogP contribution is -2.43. The van der Waals surface area contributed by atoms with Gasteiger partial charge in [0, 0.05) is 23.2 Å². The first-order valence-corrected chi connectivity index (χ1v) is 16.2. The Morgan fingerprint density at radius 1 is 0.863 bits per heavy atom. The minimum atomic E-state index is -0.955. The van der Waals surface area contributed by atoms with Gasteiger partial charge in [0.25, 0.3) is 5.91 Å². The first kappa shape index (κ1) is 32.8. The van der Waals surface area contributed by atoms with Crippen molar-refractivity contribution < 1.29 is 33.1 Å². The van der Waals surface area contributed by atoms with Crippen LogP contribution in [0.15, 0.2) is 131 Å². The van der Waals surface area contributed by atoms with Crippen molar-refractivity contribution in [2.75, 3.05) is 18.1 Å². The van der Waals surface area contributed by atoms with Crippen LogP contribution in [0.25, 0.3) is 22.2 Å². The summed E-state index contributed by atoms with van der Waals surface area (Å²) in [5, 5.41) is 8.27. The largest absolute Gasteiger partial charge is 0.490 e. The molecule has 2 N–H and O–H groups in total. The number of carbonyl (C=O) groups excluding carboxylic acids is 3. The van der Waals surface area contributed by atoms with E-state index in [0.717, 1.165) is 21.9 Å². The normalized spacial score (nSPS) is 14.5. The van der Waals surface area contributed by atoms with E-state index in [1.165, 1.54) is 4.90 Å². The van der Waals surface area contributed by atoms with Crippen LogP contribution in [0.5, 0.6) is 5.75 Å². The number of rotatable bonds is 12. The number of ether oxygens (including phenoxy) is 3. The second kappa shape index (κ2) is 14.8. The summed E-state index contributed by atoms with van der Waals surface area (Å²) >= 11 is 0. The summed E-state index contributed by atoms with van der Waals surface area (Å²) in [6.45, 7) is 0.474. The van der Waals surface area contributed by atoms with E-state index in [1.807, 2.05) is 78.9 Å². The van der Waals surface area contributed by atoms with Crippen LogP contribution in [0, 0.1) is 0 Å². The van der Waals surface area contributed by atoms with Crippen LogP contribution < -0.4 is 20.7 Å². The van der Waals surface area contributed by atoms with Crippen molar-refractivity contribution in [2.45, 2.75) is 25.2 Å². The molecule has 1 aliphatic rings. The third-order valence-electron chi connectivity index (χ3n) is 8.41. The van der Waals surface area contributed by atoms with Gasteiger partial charge in [0.05, 0.1) is 6.54 Å². The van der Waals surface area contributed by atoms with Gasteiger partial charge in [-0.25, -0.2) is 14.4 Å². The SMILES string of the molecule is O=C(NC(Cc1ccc(OCC2CN(c3ccc(-c4noc(=O)[nH]4)cc3)C(=O)O2)cc1)C(=O)OCc1ccccc1)c1cccc2ccccc12. The van der Waals surface area contributed by atoms with Crippen LogP contribution in [0.1, 0.15) is 21.5 Å². The maximum absolute atomic E-state index is 13.5. The highest BCUT2D eigenvalue weighted by Gasteiger charge is 2.33. The highest BCUT2D eigenvalue weighted by Crippen LogP contribution is 2.25. The molecule has 2 unspecified atom stereocenters. The Labute approximate surface area is 291 Å². The smallest absolute Gasteiger partial charge is 0.439 e. The van der Waals surface area contributed by atoms with Crippen LogP contribution in [-0.2, 0) is 27.3 Å². The fourth-order valence-electron chi connectivity index (χ4n) is 5.80. The monoisotopic (exact) mass is 684 g/mol. The van der Waals surface area contributed by atoms with Gasteiger partial charge >= 0.3 is 17.8 Å². The minimum Gasteiger partial charge on any atom is -0.490 e. The third-order valence-corrected chi connectivity index (χ3v) is 8.41. The predicted octanol–water partition coefficient (Wildman–Crippen LogP) is 5.67. The number of esters is 1. The van der Waals surface area contributed by atoms with E-state index in [1.54, 1.807) is 42.5 Å². The van der Waals surface area contributed by atoms with E-state index in [4.69, 9.17) is 14.2 Å². The van der Waals surface area contributed by atoms with Crippen molar-refractivity contribution in [1.82, 2.24) is 15.5 Å². The van der Waals surface area contributed by atoms with Crippen molar-refractivity contribution in [1.29, 1.82) is 0 Å². The zero-order valence-electron chi connectivity index (χ0n) is 27.2. The summed E-state index contributed by atoms with van der Waals surface area (Å²) in [7, 11) is 0. The van der Waals surface area contributed by atoms with Gasteiger partial charge in [-0.1, -0.05) is 84.0 Å². The van der Waals surface area contributed by atoms with E-state index >= 15 is 0 Å². The molecular weight excluding hydrogens is 652 g/mol. The lowest BCUT2D eigenvalue weighted by molar-refractivity contribution is -0.147. The second-order valence-corrected chi connectivity index (χ2v) is 11.9. The van der Waals surface area contributed by atoms with Crippen LogP contribution in [-0.4, -0.2) is 53.4 Å². The zero-order valence-corrected chi connectivity index (χ0v) is 27.2. The molecule has 1 aromatic heterocycles. The van der Waals surface area contributed by atoms with Crippen LogP contribution in [0.4, 0.5) is 10.5 Å². The first-order chi connectivity index (χ1) is 24.9. The molecule has 0 saturated carbocycles. The van der Waals surface area contributed by atoms with E-state index in [2.05, 4.69) is 20.0 Å². The number of benzene rings is 5. The molecule has 1 aliphatic heterocycles. The Hall–Kier alpha value is -6.69. The van der Waals surface area contributed by atoms with Crippen molar-refractivity contribution in [3.8, 4) is 17.1 Å². The molecule has 1 saturated heterocycles. The van der Waals surface area contributed by atoms with Crippen LogP contribution in [0.3, 0.4) is 0 Å². The molecular formula is C39H32N4O8. The molecule has 0 spiro atoms. The van der Waals surface area contributed by atoms with Gasteiger partial charge in [-0.15, -0.1) is 0 Å². The minimum absolute atomic E-state index is 0.0758. The van der Waals surface area contributed by atoms with Crippen molar-refractivity contribution in [3.63, 3.8) is 0 Å². The molecule has 1 fully saturated rings. The fourth-order valence-corrected chi connectivity index (χ4v) is 5.80. The summed E-state index contributed by atoms with van der Waals surface area (Å²) in [5.74, 6) is -0.752. The average Bonchev–Trinajstić information content (AvgIpc) is 3.78. The number of anilines is 1. The Morgan fingerprint density at radius 3 is 2.37 bits per heavy atom. The van der Waals surface area contributed by atoms with Gasteiger partial charge in [-0.05, 0) is 64.4 Å². The Morgan fingerprint density at radius 2 is 1.61 bits per heavy atom. The van der Waals surface area contributed by atoms with Crippen molar-refractivity contribution >= 4 is 34.4 Å². The number of aromatic nitrogens is 2. The maximum atomic E-state index is 13.5. The van der Waals surface area contributed by atoms with Gasteiger partial charge in [-0.3, -0.25) is 19.2 Å². The number of fused-ring (bicyclic) bond motifs is 1. The molecule has 0 bridgehead atoms. The summed E-state index contributed by atoms with van der Waals surface area (Å²) in [4.78, 5) is 54.7. The molecule has 5 aromatic carbocycles. The van der Waals surface area contributed by atoms with Crippen molar-refractivity contribution in [3.05, 3.63) is 149 Å². The molecule has 2 amide bonds. The second-order valence-electron chi connectivity index (χ2n) is 11.9. The number of amides is 2. The number of aromatic amines is 1. The summed E-state index contributed by atoms with van der Waals surface area (Å²) in [5.41, 5.74) is 3.32. The third kappa shape index (κ3) is 7.81. The number of cyclic esters (lactones) is 1. The molecule has 12 nitrogen and oxygen atoms in total. The number of H-pyrrole nitrogens is 1. The Bertz CT molecular complexity index is 2210. The summed E-state index contributed by atoms with van der Waals surface area (Å²) in [6, 6.07) is 35.5. The van der Waals surface area contributed by atoms with Gasteiger partial charge in [0.15, 0.2) is 11.9 Å². The zero-order chi connectivity index (χ0) is 35.2. The molecule has 256 valence electrons. The van der Waals surface area contributed by atoms with Gasteiger partial charge in [0.2, 0.25) is 0 Å². The number of nitrogens with one attached hydrogen (secondary N) is 2.